The third kappa shape index (κ3) is 2.29. The van der Waals surface area contributed by atoms with E-state index >= 15 is 0 Å². The number of rotatable bonds is 4. The second-order valence-electron chi connectivity index (χ2n) is 5.95. The summed E-state index contributed by atoms with van der Waals surface area (Å²) in [6, 6.07) is 0. The van der Waals surface area contributed by atoms with Gasteiger partial charge in [-0.3, -0.25) is 0 Å². The molecule has 0 aromatic heterocycles. The van der Waals surface area contributed by atoms with Crippen molar-refractivity contribution < 1.29 is 5.11 Å². The molecule has 2 rings (SSSR count). The Bertz CT molecular complexity index is 206. The highest BCUT2D eigenvalue weighted by Gasteiger charge is 2.45. The van der Waals surface area contributed by atoms with Crippen LogP contribution in [0.4, 0.5) is 0 Å². The first-order chi connectivity index (χ1) is 6.52. The standard InChI is InChI=1S/C12H23NO/c1-11(2)7-10(11)8-13-9-12(14)5-3-4-6-12/h10,13-14H,3-9H2,1-2H3. The van der Waals surface area contributed by atoms with E-state index < -0.39 is 0 Å². The lowest BCUT2D eigenvalue weighted by atomic mass is 10.0. The summed E-state index contributed by atoms with van der Waals surface area (Å²) < 4.78 is 0. The van der Waals surface area contributed by atoms with Gasteiger partial charge in [0.1, 0.15) is 0 Å². The molecule has 0 aromatic carbocycles. The van der Waals surface area contributed by atoms with Gasteiger partial charge in [0, 0.05) is 6.54 Å². The molecular weight excluding hydrogens is 174 g/mol. The topological polar surface area (TPSA) is 32.3 Å². The van der Waals surface area contributed by atoms with E-state index in [4.69, 9.17) is 0 Å². The minimum absolute atomic E-state index is 0.376. The van der Waals surface area contributed by atoms with Gasteiger partial charge in [-0.25, -0.2) is 0 Å². The molecule has 2 heteroatoms. The van der Waals surface area contributed by atoms with Crippen molar-refractivity contribution in [3.05, 3.63) is 0 Å². The molecule has 1 atom stereocenters. The molecule has 2 aliphatic carbocycles. The van der Waals surface area contributed by atoms with Gasteiger partial charge in [0.15, 0.2) is 0 Å². The van der Waals surface area contributed by atoms with E-state index in [0.29, 0.717) is 5.41 Å². The molecule has 0 amide bonds. The molecule has 0 aliphatic heterocycles. The molecule has 0 spiro atoms. The summed E-state index contributed by atoms with van der Waals surface area (Å²) in [5.41, 5.74) is 0.185. The zero-order valence-corrected chi connectivity index (χ0v) is 9.47. The molecule has 2 nitrogen and oxygen atoms in total. The molecule has 0 heterocycles. The van der Waals surface area contributed by atoms with Crippen molar-refractivity contribution in [2.24, 2.45) is 11.3 Å². The molecular formula is C12H23NO. The fourth-order valence-corrected chi connectivity index (χ4v) is 2.61. The zero-order valence-electron chi connectivity index (χ0n) is 9.47. The van der Waals surface area contributed by atoms with Crippen LogP contribution in [0.25, 0.3) is 0 Å². The lowest BCUT2D eigenvalue weighted by molar-refractivity contribution is 0.0474. The summed E-state index contributed by atoms with van der Waals surface area (Å²) in [6.45, 7) is 6.54. The fourth-order valence-electron chi connectivity index (χ4n) is 2.61. The molecule has 2 saturated carbocycles. The highest BCUT2D eigenvalue weighted by Crippen LogP contribution is 2.51. The fraction of sp³-hybridized carbons (Fsp3) is 1.00. The summed E-state index contributed by atoms with van der Waals surface area (Å²) in [5.74, 6) is 0.840. The van der Waals surface area contributed by atoms with Gasteiger partial charge in [-0.15, -0.1) is 0 Å². The average Bonchev–Trinajstić information content (AvgIpc) is 2.54. The third-order valence-electron chi connectivity index (χ3n) is 4.10. The van der Waals surface area contributed by atoms with Crippen LogP contribution < -0.4 is 5.32 Å². The molecule has 0 aromatic rings. The first kappa shape index (κ1) is 10.4. The minimum Gasteiger partial charge on any atom is -0.389 e. The van der Waals surface area contributed by atoms with Gasteiger partial charge in [0.05, 0.1) is 5.60 Å². The second-order valence-corrected chi connectivity index (χ2v) is 5.95. The second kappa shape index (κ2) is 3.49. The maximum absolute atomic E-state index is 10.1. The van der Waals surface area contributed by atoms with Gasteiger partial charge < -0.3 is 10.4 Å². The van der Waals surface area contributed by atoms with Crippen molar-refractivity contribution in [2.75, 3.05) is 13.1 Å². The highest BCUT2D eigenvalue weighted by atomic mass is 16.3. The van der Waals surface area contributed by atoms with Crippen LogP contribution in [0.3, 0.4) is 0 Å². The predicted octanol–water partition coefficient (Wildman–Crippen LogP) is 1.93. The molecule has 2 N–H and O–H groups in total. The normalized spacial score (nSPS) is 33.2. The molecule has 82 valence electrons. The van der Waals surface area contributed by atoms with Crippen molar-refractivity contribution in [3.63, 3.8) is 0 Å². The Morgan fingerprint density at radius 2 is 1.86 bits per heavy atom. The molecule has 1 unspecified atom stereocenters. The van der Waals surface area contributed by atoms with Crippen LogP contribution in [0.2, 0.25) is 0 Å². The Balaban J connectivity index is 1.63. The summed E-state index contributed by atoms with van der Waals surface area (Å²) in [5, 5.41) is 13.5. The first-order valence-electron chi connectivity index (χ1n) is 5.95. The van der Waals surface area contributed by atoms with Crippen molar-refractivity contribution in [1.29, 1.82) is 0 Å². The summed E-state index contributed by atoms with van der Waals surface area (Å²) in [7, 11) is 0. The van der Waals surface area contributed by atoms with Crippen molar-refractivity contribution in [2.45, 2.75) is 51.6 Å². The van der Waals surface area contributed by atoms with Gasteiger partial charge in [-0.1, -0.05) is 26.7 Å². The molecule has 2 aliphatic rings. The monoisotopic (exact) mass is 197 g/mol. The molecule has 0 saturated heterocycles. The number of hydrogen-bond acceptors (Lipinski definition) is 2. The molecule has 14 heavy (non-hydrogen) atoms. The van der Waals surface area contributed by atoms with Crippen LogP contribution >= 0.6 is 0 Å². The largest absolute Gasteiger partial charge is 0.389 e. The number of aliphatic hydroxyl groups is 1. The van der Waals surface area contributed by atoms with E-state index in [2.05, 4.69) is 19.2 Å². The van der Waals surface area contributed by atoms with Crippen LogP contribution in [-0.2, 0) is 0 Å². The summed E-state index contributed by atoms with van der Waals surface area (Å²) in [4.78, 5) is 0. The number of hydrogen-bond donors (Lipinski definition) is 2. The Morgan fingerprint density at radius 3 is 2.36 bits per heavy atom. The first-order valence-corrected chi connectivity index (χ1v) is 5.95. The van der Waals surface area contributed by atoms with Crippen LogP contribution in [-0.4, -0.2) is 23.8 Å². The van der Waals surface area contributed by atoms with Gasteiger partial charge >= 0.3 is 0 Å². The van der Waals surface area contributed by atoms with E-state index in [1.807, 2.05) is 0 Å². The van der Waals surface area contributed by atoms with E-state index in [1.165, 1.54) is 19.3 Å². The van der Waals surface area contributed by atoms with E-state index in [-0.39, 0.29) is 5.60 Å². The summed E-state index contributed by atoms with van der Waals surface area (Å²) >= 11 is 0. The maximum Gasteiger partial charge on any atom is 0.0771 e. The summed E-state index contributed by atoms with van der Waals surface area (Å²) in [6.07, 6.45) is 5.74. The van der Waals surface area contributed by atoms with Crippen molar-refractivity contribution in [3.8, 4) is 0 Å². The highest BCUT2D eigenvalue weighted by molar-refractivity contribution is 4.97. The molecule has 0 bridgehead atoms. The van der Waals surface area contributed by atoms with Crippen LogP contribution in [0.5, 0.6) is 0 Å². The Morgan fingerprint density at radius 1 is 1.29 bits per heavy atom. The zero-order chi connectivity index (χ0) is 10.2. The van der Waals surface area contributed by atoms with E-state index in [1.54, 1.807) is 0 Å². The quantitative estimate of drug-likeness (QED) is 0.722. The van der Waals surface area contributed by atoms with Crippen molar-refractivity contribution >= 4 is 0 Å². The van der Waals surface area contributed by atoms with Gasteiger partial charge in [-0.2, -0.15) is 0 Å². The van der Waals surface area contributed by atoms with Crippen LogP contribution in [0.15, 0.2) is 0 Å². The third-order valence-corrected chi connectivity index (χ3v) is 4.10. The van der Waals surface area contributed by atoms with Gasteiger partial charge in [0.25, 0.3) is 0 Å². The van der Waals surface area contributed by atoms with E-state index in [9.17, 15) is 5.11 Å². The number of nitrogens with one attached hydrogen (secondary N) is 1. The Labute approximate surface area is 87.1 Å². The predicted molar refractivity (Wildman–Crippen MR) is 58.2 cm³/mol. The minimum atomic E-state index is -0.376. The molecule has 2 fully saturated rings. The molecule has 0 radical (unpaired) electrons. The van der Waals surface area contributed by atoms with Crippen LogP contribution in [0, 0.1) is 11.3 Å². The van der Waals surface area contributed by atoms with Gasteiger partial charge in [-0.05, 0) is 37.1 Å². The SMILES string of the molecule is CC1(C)CC1CNCC1(O)CCCC1. The Hall–Kier alpha value is -0.0800. The maximum atomic E-state index is 10.1. The Kier molecular flexibility index (Phi) is 2.61. The smallest absolute Gasteiger partial charge is 0.0771 e. The lowest BCUT2D eigenvalue weighted by Crippen LogP contribution is -2.39. The average molecular weight is 197 g/mol. The van der Waals surface area contributed by atoms with Crippen molar-refractivity contribution in [1.82, 2.24) is 5.32 Å². The lowest BCUT2D eigenvalue weighted by Gasteiger charge is -2.22. The van der Waals surface area contributed by atoms with E-state index in [0.717, 1.165) is 31.8 Å². The van der Waals surface area contributed by atoms with Crippen LogP contribution in [0.1, 0.15) is 46.0 Å². The van der Waals surface area contributed by atoms with Gasteiger partial charge in [0.2, 0.25) is 0 Å².